The molecule has 0 amide bonds. The standard InChI is InChI=1S/C17H18ClN5O2/c1-10-21-17(25-23-10)15(11-4-6-24-7-5-11)22-16-13-3-2-12(18)8-14(13)19-9-20-16/h2-3,8-9,11,15H,4-7H2,1H3,(H,19,20,22)/t15-/m1/s1. The van der Waals surface area contributed by atoms with Gasteiger partial charge in [0.15, 0.2) is 5.82 Å². The average Bonchev–Trinajstić information content (AvgIpc) is 3.06. The second-order valence-corrected chi connectivity index (χ2v) is 6.57. The van der Waals surface area contributed by atoms with Crippen LogP contribution in [-0.4, -0.2) is 33.3 Å². The van der Waals surface area contributed by atoms with Crippen molar-refractivity contribution in [2.45, 2.75) is 25.8 Å². The Hall–Kier alpha value is -2.25. The first-order chi connectivity index (χ1) is 12.2. The third kappa shape index (κ3) is 3.43. The number of rotatable bonds is 4. The molecule has 8 heteroatoms. The van der Waals surface area contributed by atoms with Crippen LogP contribution in [0, 0.1) is 12.8 Å². The molecule has 3 aromatic rings. The molecule has 0 radical (unpaired) electrons. The zero-order valence-electron chi connectivity index (χ0n) is 13.8. The van der Waals surface area contributed by atoms with Crippen molar-refractivity contribution in [3.63, 3.8) is 0 Å². The average molecular weight is 360 g/mol. The number of nitrogens with zero attached hydrogens (tertiary/aromatic N) is 4. The van der Waals surface area contributed by atoms with Crippen molar-refractivity contribution in [1.82, 2.24) is 20.1 Å². The van der Waals surface area contributed by atoms with Crippen molar-refractivity contribution in [1.29, 1.82) is 0 Å². The molecule has 1 aliphatic rings. The molecule has 7 nitrogen and oxygen atoms in total. The van der Waals surface area contributed by atoms with Crippen LogP contribution >= 0.6 is 11.6 Å². The van der Waals surface area contributed by atoms with Gasteiger partial charge >= 0.3 is 0 Å². The van der Waals surface area contributed by atoms with Gasteiger partial charge in [-0.2, -0.15) is 4.98 Å². The lowest BCUT2D eigenvalue weighted by atomic mass is 9.91. The van der Waals surface area contributed by atoms with E-state index >= 15 is 0 Å². The molecule has 0 bridgehead atoms. The molecular formula is C17H18ClN5O2. The Bertz CT molecular complexity index is 878. The number of anilines is 1. The second-order valence-electron chi connectivity index (χ2n) is 6.14. The van der Waals surface area contributed by atoms with E-state index in [1.54, 1.807) is 0 Å². The minimum Gasteiger partial charge on any atom is -0.381 e. The van der Waals surface area contributed by atoms with Crippen LogP contribution in [0.5, 0.6) is 0 Å². The Morgan fingerprint density at radius 3 is 2.84 bits per heavy atom. The topological polar surface area (TPSA) is 86.0 Å². The maximum absolute atomic E-state index is 6.07. The summed E-state index contributed by atoms with van der Waals surface area (Å²) in [6.07, 6.45) is 3.38. The summed E-state index contributed by atoms with van der Waals surface area (Å²) in [4.78, 5) is 13.1. The van der Waals surface area contributed by atoms with E-state index in [0.29, 0.717) is 22.7 Å². The Morgan fingerprint density at radius 1 is 1.24 bits per heavy atom. The largest absolute Gasteiger partial charge is 0.381 e. The van der Waals surface area contributed by atoms with Crippen molar-refractivity contribution in [2.75, 3.05) is 18.5 Å². The van der Waals surface area contributed by atoms with Crippen LogP contribution in [0.15, 0.2) is 29.0 Å². The zero-order chi connectivity index (χ0) is 17.2. The molecule has 1 N–H and O–H groups in total. The van der Waals surface area contributed by atoms with Crippen molar-refractivity contribution in [3.8, 4) is 0 Å². The van der Waals surface area contributed by atoms with Crippen molar-refractivity contribution < 1.29 is 9.26 Å². The highest BCUT2D eigenvalue weighted by Gasteiger charge is 2.30. The van der Waals surface area contributed by atoms with Crippen LogP contribution in [0.4, 0.5) is 5.82 Å². The van der Waals surface area contributed by atoms with E-state index in [9.17, 15) is 0 Å². The van der Waals surface area contributed by atoms with Gasteiger partial charge in [-0.25, -0.2) is 9.97 Å². The van der Waals surface area contributed by atoms with Gasteiger partial charge in [0.1, 0.15) is 18.2 Å². The third-order valence-corrected chi connectivity index (χ3v) is 4.67. The van der Waals surface area contributed by atoms with Crippen LogP contribution in [0.2, 0.25) is 5.02 Å². The summed E-state index contributed by atoms with van der Waals surface area (Å²) in [7, 11) is 0. The Morgan fingerprint density at radius 2 is 2.08 bits per heavy atom. The maximum atomic E-state index is 6.07. The van der Waals surface area contributed by atoms with E-state index in [4.69, 9.17) is 20.9 Å². The predicted molar refractivity (Wildman–Crippen MR) is 93.5 cm³/mol. The molecule has 1 saturated heterocycles. The number of benzene rings is 1. The first-order valence-electron chi connectivity index (χ1n) is 8.25. The Kier molecular flexibility index (Phi) is 4.50. The predicted octanol–water partition coefficient (Wildman–Crippen LogP) is 3.55. The quantitative estimate of drug-likeness (QED) is 0.762. The van der Waals surface area contributed by atoms with Gasteiger partial charge < -0.3 is 14.6 Å². The summed E-state index contributed by atoms with van der Waals surface area (Å²) < 4.78 is 10.9. The summed E-state index contributed by atoms with van der Waals surface area (Å²) in [6, 6.07) is 5.45. The monoisotopic (exact) mass is 359 g/mol. The van der Waals surface area contributed by atoms with Gasteiger partial charge in [-0.3, -0.25) is 0 Å². The van der Waals surface area contributed by atoms with Crippen LogP contribution in [0.25, 0.3) is 10.9 Å². The van der Waals surface area contributed by atoms with Gasteiger partial charge in [0.25, 0.3) is 0 Å². The summed E-state index contributed by atoms with van der Waals surface area (Å²) in [5.74, 6) is 2.25. The number of fused-ring (bicyclic) bond motifs is 1. The van der Waals surface area contributed by atoms with Gasteiger partial charge in [-0.15, -0.1) is 0 Å². The summed E-state index contributed by atoms with van der Waals surface area (Å²) >= 11 is 6.07. The number of ether oxygens (including phenoxy) is 1. The third-order valence-electron chi connectivity index (χ3n) is 4.44. The number of aromatic nitrogens is 4. The number of aryl methyl sites for hydroxylation is 1. The Balaban J connectivity index is 1.71. The zero-order valence-corrected chi connectivity index (χ0v) is 14.5. The fraction of sp³-hybridized carbons (Fsp3) is 0.412. The minimum atomic E-state index is -0.126. The summed E-state index contributed by atoms with van der Waals surface area (Å²) in [5, 5.41) is 8.98. The molecule has 130 valence electrons. The molecule has 1 aromatic carbocycles. The van der Waals surface area contributed by atoms with E-state index in [1.165, 1.54) is 6.33 Å². The molecule has 0 aliphatic carbocycles. The molecule has 0 saturated carbocycles. The first-order valence-corrected chi connectivity index (χ1v) is 8.63. The highest BCUT2D eigenvalue weighted by Crippen LogP contribution is 2.34. The molecule has 1 atom stereocenters. The lowest BCUT2D eigenvalue weighted by Crippen LogP contribution is -2.27. The SMILES string of the molecule is Cc1noc([C@H](Nc2ncnc3cc(Cl)ccc23)C2CCOCC2)n1. The minimum absolute atomic E-state index is 0.126. The van der Waals surface area contributed by atoms with Gasteiger partial charge in [0.2, 0.25) is 5.89 Å². The van der Waals surface area contributed by atoms with E-state index < -0.39 is 0 Å². The van der Waals surface area contributed by atoms with Gasteiger partial charge in [-0.05, 0) is 43.9 Å². The van der Waals surface area contributed by atoms with Gasteiger partial charge in [-0.1, -0.05) is 16.8 Å². The van der Waals surface area contributed by atoms with Gasteiger partial charge in [0, 0.05) is 23.6 Å². The number of halogens is 1. The number of nitrogens with one attached hydrogen (secondary N) is 1. The molecule has 3 heterocycles. The molecule has 1 aliphatic heterocycles. The molecule has 25 heavy (non-hydrogen) atoms. The highest BCUT2D eigenvalue weighted by molar-refractivity contribution is 6.31. The maximum Gasteiger partial charge on any atom is 0.249 e. The molecule has 0 spiro atoms. The van der Waals surface area contributed by atoms with Crippen LogP contribution in [0.1, 0.15) is 30.6 Å². The Labute approximate surface area is 149 Å². The van der Waals surface area contributed by atoms with E-state index in [-0.39, 0.29) is 6.04 Å². The fourth-order valence-corrected chi connectivity index (χ4v) is 3.33. The molecular weight excluding hydrogens is 342 g/mol. The van der Waals surface area contributed by atoms with Crippen LogP contribution < -0.4 is 5.32 Å². The summed E-state index contributed by atoms with van der Waals surface area (Å²) in [6.45, 7) is 3.28. The molecule has 1 fully saturated rings. The lowest BCUT2D eigenvalue weighted by molar-refractivity contribution is 0.0571. The van der Waals surface area contributed by atoms with Crippen LogP contribution in [-0.2, 0) is 4.74 Å². The first kappa shape index (κ1) is 16.2. The number of hydrogen-bond donors (Lipinski definition) is 1. The van der Waals surface area contributed by atoms with E-state index in [1.807, 2.05) is 25.1 Å². The molecule has 0 unspecified atom stereocenters. The highest BCUT2D eigenvalue weighted by atomic mass is 35.5. The fourth-order valence-electron chi connectivity index (χ4n) is 3.16. The molecule has 2 aromatic heterocycles. The van der Waals surface area contributed by atoms with Crippen molar-refractivity contribution >= 4 is 28.3 Å². The number of hydrogen-bond acceptors (Lipinski definition) is 7. The van der Waals surface area contributed by atoms with Crippen LogP contribution in [0.3, 0.4) is 0 Å². The summed E-state index contributed by atoms with van der Waals surface area (Å²) in [5.41, 5.74) is 0.789. The smallest absolute Gasteiger partial charge is 0.249 e. The molecule has 4 rings (SSSR count). The van der Waals surface area contributed by atoms with E-state index in [2.05, 4.69) is 25.4 Å². The van der Waals surface area contributed by atoms with Crippen molar-refractivity contribution in [2.24, 2.45) is 5.92 Å². The lowest BCUT2D eigenvalue weighted by Gasteiger charge is -2.29. The normalized spacial score (nSPS) is 16.9. The van der Waals surface area contributed by atoms with Gasteiger partial charge in [0.05, 0.1) is 5.52 Å². The second kappa shape index (κ2) is 6.93. The van der Waals surface area contributed by atoms with Crippen molar-refractivity contribution in [3.05, 3.63) is 41.3 Å². The van der Waals surface area contributed by atoms with E-state index in [0.717, 1.165) is 42.8 Å².